The zero-order valence-electron chi connectivity index (χ0n) is 13.2. The van der Waals surface area contributed by atoms with Crippen LogP contribution in [0.4, 0.5) is 5.69 Å². The van der Waals surface area contributed by atoms with Crippen LogP contribution in [0.5, 0.6) is 0 Å². The van der Waals surface area contributed by atoms with E-state index in [0.717, 1.165) is 31.7 Å². The van der Waals surface area contributed by atoms with E-state index in [9.17, 15) is 4.79 Å². The fourth-order valence-corrected chi connectivity index (χ4v) is 2.68. The maximum atomic E-state index is 12.4. The normalized spacial score (nSPS) is 15.8. The Morgan fingerprint density at radius 1 is 1.22 bits per heavy atom. The van der Waals surface area contributed by atoms with Crippen LogP contribution in [-0.2, 0) is 17.8 Å². The van der Waals surface area contributed by atoms with Crippen molar-refractivity contribution in [2.75, 3.05) is 31.9 Å². The molecule has 7 nitrogen and oxygen atoms in total. The molecule has 23 heavy (non-hydrogen) atoms. The zero-order chi connectivity index (χ0) is 16.2. The molecular formula is C16H21N5O2. The minimum atomic E-state index is 0.157. The van der Waals surface area contributed by atoms with E-state index in [1.807, 2.05) is 29.2 Å². The van der Waals surface area contributed by atoms with Crippen LogP contribution in [0.2, 0.25) is 0 Å². The van der Waals surface area contributed by atoms with Gasteiger partial charge in [0, 0.05) is 38.8 Å². The van der Waals surface area contributed by atoms with Gasteiger partial charge in [0.2, 0.25) is 11.8 Å². The zero-order valence-corrected chi connectivity index (χ0v) is 13.2. The van der Waals surface area contributed by atoms with Crippen molar-refractivity contribution in [3.63, 3.8) is 0 Å². The molecule has 2 heterocycles. The number of nitrogens with zero attached hydrogens (tertiary/aromatic N) is 4. The molecule has 1 saturated heterocycles. The summed E-state index contributed by atoms with van der Waals surface area (Å²) in [6.07, 6.45) is 0.421. The number of anilines is 1. The SMILES string of the molecule is Cc1nc(CN2CCN(C(=O)Cc3ccc(N)cc3)CC2)no1. The average molecular weight is 315 g/mol. The molecule has 0 atom stereocenters. The molecule has 0 unspecified atom stereocenters. The van der Waals surface area contributed by atoms with Gasteiger partial charge < -0.3 is 15.2 Å². The molecule has 2 aromatic rings. The largest absolute Gasteiger partial charge is 0.399 e. The summed E-state index contributed by atoms with van der Waals surface area (Å²) in [5.41, 5.74) is 7.37. The predicted molar refractivity (Wildman–Crippen MR) is 85.5 cm³/mol. The average Bonchev–Trinajstić information content (AvgIpc) is 2.95. The van der Waals surface area contributed by atoms with Crippen molar-refractivity contribution in [2.45, 2.75) is 19.9 Å². The quantitative estimate of drug-likeness (QED) is 0.841. The number of rotatable bonds is 4. The molecule has 1 amide bonds. The summed E-state index contributed by atoms with van der Waals surface area (Å²) in [5.74, 6) is 1.44. The number of aryl methyl sites for hydroxylation is 1. The predicted octanol–water partition coefficient (Wildman–Crippen LogP) is 0.847. The van der Waals surface area contributed by atoms with Crippen LogP contribution in [0.3, 0.4) is 0 Å². The molecule has 0 radical (unpaired) electrons. The molecule has 3 rings (SSSR count). The fourth-order valence-electron chi connectivity index (χ4n) is 2.68. The number of benzene rings is 1. The van der Waals surface area contributed by atoms with Crippen molar-refractivity contribution in [3.05, 3.63) is 41.5 Å². The van der Waals surface area contributed by atoms with Crippen molar-refractivity contribution in [3.8, 4) is 0 Å². The van der Waals surface area contributed by atoms with Gasteiger partial charge in [0.15, 0.2) is 5.82 Å². The number of hydrogen-bond acceptors (Lipinski definition) is 6. The van der Waals surface area contributed by atoms with Crippen molar-refractivity contribution < 1.29 is 9.32 Å². The van der Waals surface area contributed by atoms with Gasteiger partial charge in [-0.3, -0.25) is 9.69 Å². The molecule has 1 aliphatic rings. The smallest absolute Gasteiger partial charge is 0.227 e. The van der Waals surface area contributed by atoms with Gasteiger partial charge in [-0.15, -0.1) is 0 Å². The number of hydrogen-bond donors (Lipinski definition) is 1. The van der Waals surface area contributed by atoms with E-state index in [1.165, 1.54) is 0 Å². The van der Waals surface area contributed by atoms with Crippen molar-refractivity contribution in [1.82, 2.24) is 19.9 Å². The molecular weight excluding hydrogens is 294 g/mol. The van der Waals surface area contributed by atoms with E-state index in [2.05, 4.69) is 15.0 Å². The highest BCUT2D eigenvalue weighted by Gasteiger charge is 2.22. The van der Waals surface area contributed by atoms with Gasteiger partial charge in [-0.2, -0.15) is 4.98 Å². The van der Waals surface area contributed by atoms with E-state index in [0.29, 0.717) is 30.4 Å². The lowest BCUT2D eigenvalue weighted by Crippen LogP contribution is -2.48. The lowest BCUT2D eigenvalue weighted by atomic mass is 10.1. The summed E-state index contributed by atoms with van der Waals surface area (Å²) in [6.45, 7) is 5.54. The first-order valence-corrected chi connectivity index (χ1v) is 7.74. The highest BCUT2D eigenvalue weighted by atomic mass is 16.5. The molecule has 7 heteroatoms. The van der Waals surface area contributed by atoms with Crippen LogP contribution in [0.15, 0.2) is 28.8 Å². The van der Waals surface area contributed by atoms with Gasteiger partial charge in [-0.25, -0.2) is 0 Å². The second-order valence-corrected chi connectivity index (χ2v) is 5.80. The first-order valence-electron chi connectivity index (χ1n) is 7.74. The molecule has 0 saturated carbocycles. The lowest BCUT2D eigenvalue weighted by molar-refractivity contribution is -0.132. The number of piperazine rings is 1. The second kappa shape index (κ2) is 6.78. The molecule has 1 fully saturated rings. The van der Waals surface area contributed by atoms with Gasteiger partial charge >= 0.3 is 0 Å². The van der Waals surface area contributed by atoms with Crippen molar-refractivity contribution in [2.24, 2.45) is 0 Å². The van der Waals surface area contributed by atoms with Gasteiger partial charge in [0.05, 0.1) is 13.0 Å². The molecule has 122 valence electrons. The molecule has 1 aromatic carbocycles. The number of nitrogens with two attached hydrogens (primary N) is 1. The Balaban J connectivity index is 1.48. The van der Waals surface area contributed by atoms with Crippen LogP contribution in [-0.4, -0.2) is 52.0 Å². The number of aromatic nitrogens is 2. The Labute approximate surface area is 135 Å². The third-order valence-electron chi connectivity index (χ3n) is 3.99. The van der Waals surface area contributed by atoms with E-state index in [4.69, 9.17) is 10.3 Å². The Bertz CT molecular complexity index is 659. The second-order valence-electron chi connectivity index (χ2n) is 5.80. The number of nitrogen functional groups attached to an aromatic ring is 1. The maximum Gasteiger partial charge on any atom is 0.227 e. The number of carbonyl (C=O) groups excluding carboxylic acids is 1. The first-order chi connectivity index (χ1) is 11.1. The molecule has 0 bridgehead atoms. The molecule has 1 aliphatic heterocycles. The summed E-state index contributed by atoms with van der Waals surface area (Å²) < 4.78 is 4.98. The van der Waals surface area contributed by atoms with Crippen LogP contribution in [0.1, 0.15) is 17.3 Å². The fraction of sp³-hybridized carbons (Fsp3) is 0.438. The molecule has 0 aliphatic carbocycles. The maximum absolute atomic E-state index is 12.4. The Morgan fingerprint density at radius 3 is 2.52 bits per heavy atom. The Hall–Kier alpha value is -2.41. The Morgan fingerprint density at radius 2 is 1.91 bits per heavy atom. The summed E-state index contributed by atoms with van der Waals surface area (Å²) >= 11 is 0. The van der Waals surface area contributed by atoms with Gasteiger partial charge in [0.1, 0.15) is 0 Å². The summed E-state index contributed by atoms with van der Waals surface area (Å²) in [7, 11) is 0. The van der Waals surface area contributed by atoms with Crippen LogP contribution >= 0.6 is 0 Å². The number of amides is 1. The van der Waals surface area contributed by atoms with Gasteiger partial charge in [-0.05, 0) is 17.7 Å². The highest BCUT2D eigenvalue weighted by molar-refractivity contribution is 5.79. The highest BCUT2D eigenvalue weighted by Crippen LogP contribution is 2.11. The van der Waals surface area contributed by atoms with Crippen LogP contribution < -0.4 is 5.73 Å². The van der Waals surface area contributed by atoms with Gasteiger partial charge in [-0.1, -0.05) is 17.3 Å². The van der Waals surface area contributed by atoms with Crippen molar-refractivity contribution in [1.29, 1.82) is 0 Å². The lowest BCUT2D eigenvalue weighted by Gasteiger charge is -2.34. The number of carbonyl (C=O) groups is 1. The summed E-state index contributed by atoms with van der Waals surface area (Å²) in [4.78, 5) is 20.7. The monoisotopic (exact) mass is 315 g/mol. The summed E-state index contributed by atoms with van der Waals surface area (Å²) in [5, 5.41) is 3.91. The Kier molecular flexibility index (Phi) is 4.57. The topological polar surface area (TPSA) is 88.5 Å². The standard InChI is InChI=1S/C16H21N5O2/c1-12-18-15(19-23-12)11-20-6-8-21(9-7-20)16(22)10-13-2-4-14(17)5-3-13/h2-5H,6-11,17H2,1H3. The molecule has 0 spiro atoms. The minimum Gasteiger partial charge on any atom is -0.399 e. The third-order valence-corrected chi connectivity index (χ3v) is 3.99. The first kappa shape index (κ1) is 15.5. The van der Waals surface area contributed by atoms with E-state index < -0.39 is 0 Å². The van der Waals surface area contributed by atoms with Crippen LogP contribution in [0.25, 0.3) is 0 Å². The van der Waals surface area contributed by atoms with E-state index >= 15 is 0 Å². The van der Waals surface area contributed by atoms with Crippen LogP contribution in [0, 0.1) is 6.92 Å². The third kappa shape index (κ3) is 4.07. The van der Waals surface area contributed by atoms with Crippen molar-refractivity contribution >= 4 is 11.6 Å². The summed E-state index contributed by atoms with van der Waals surface area (Å²) in [6, 6.07) is 7.46. The molecule has 1 aromatic heterocycles. The van der Waals surface area contributed by atoms with E-state index in [-0.39, 0.29) is 5.91 Å². The minimum absolute atomic E-state index is 0.157. The molecule has 2 N–H and O–H groups in total. The van der Waals surface area contributed by atoms with E-state index in [1.54, 1.807) is 6.92 Å². The van der Waals surface area contributed by atoms with Gasteiger partial charge in [0.25, 0.3) is 0 Å².